The minimum atomic E-state index is 0.569. The molecular formula is C13H15BrN2. The number of rotatable bonds is 2. The van der Waals surface area contributed by atoms with Gasteiger partial charge in [0.05, 0.1) is 6.07 Å². The van der Waals surface area contributed by atoms with Crippen LogP contribution in [0.4, 0.5) is 0 Å². The van der Waals surface area contributed by atoms with Crippen molar-refractivity contribution in [3.63, 3.8) is 0 Å². The number of fused-ring (bicyclic) bond motifs is 1. The topological polar surface area (TPSA) is 39.6 Å². The van der Waals surface area contributed by atoms with Gasteiger partial charge in [-0.2, -0.15) is 5.26 Å². The molecule has 0 saturated carbocycles. The van der Waals surface area contributed by atoms with Gasteiger partial charge in [0.1, 0.15) is 0 Å². The fourth-order valence-corrected chi connectivity index (χ4v) is 1.91. The fraction of sp³-hybridized carbons (Fsp3) is 0.308. The molecule has 0 aliphatic rings. The van der Waals surface area contributed by atoms with E-state index in [0.717, 1.165) is 16.4 Å². The van der Waals surface area contributed by atoms with Crippen molar-refractivity contribution in [1.29, 1.82) is 5.26 Å². The number of aromatic nitrogens is 1. The monoisotopic (exact) mass is 278 g/mol. The first-order valence-corrected chi connectivity index (χ1v) is 6.23. The van der Waals surface area contributed by atoms with Gasteiger partial charge >= 0.3 is 0 Å². The second-order valence-corrected chi connectivity index (χ2v) is 4.08. The van der Waals surface area contributed by atoms with Crippen molar-refractivity contribution >= 4 is 26.8 Å². The van der Waals surface area contributed by atoms with Crippen LogP contribution >= 0.6 is 15.9 Å². The number of benzene rings is 1. The van der Waals surface area contributed by atoms with Crippen molar-refractivity contribution < 1.29 is 0 Å². The number of H-pyrrole nitrogens is 1. The Kier molecular flexibility index (Phi) is 5.07. The van der Waals surface area contributed by atoms with Crippen LogP contribution in [0.2, 0.25) is 0 Å². The van der Waals surface area contributed by atoms with E-state index in [-0.39, 0.29) is 0 Å². The third-order valence-electron chi connectivity index (χ3n) is 2.24. The molecule has 1 aromatic heterocycles. The summed E-state index contributed by atoms with van der Waals surface area (Å²) in [5, 5.41) is 9.73. The van der Waals surface area contributed by atoms with Crippen molar-refractivity contribution in [2.75, 3.05) is 0 Å². The number of nitrogens with zero attached hydrogens (tertiary/aromatic N) is 1. The van der Waals surface area contributed by atoms with Gasteiger partial charge in [0.25, 0.3) is 0 Å². The van der Waals surface area contributed by atoms with Crippen LogP contribution in [-0.4, -0.2) is 4.98 Å². The summed E-state index contributed by atoms with van der Waals surface area (Å²) in [5.74, 6) is 0. The highest BCUT2D eigenvalue weighted by Gasteiger charge is 2.03. The van der Waals surface area contributed by atoms with Gasteiger partial charge < -0.3 is 4.98 Å². The van der Waals surface area contributed by atoms with Crippen LogP contribution in [0.25, 0.3) is 10.9 Å². The molecule has 0 bridgehead atoms. The summed E-state index contributed by atoms with van der Waals surface area (Å²) >= 11 is 3.44. The van der Waals surface area contributed by atoms with Gasteiger partial charge in [0.15, 0.2) is 0 Å². The van der Waals surface area contributed by atoms with Gasteiger partial charge in [-0.15, -0.1) is 0 Å². The smallest absolute Gasteiger partial charge is 0.0625 e. The van der Waals surface area contributed by atoms with Gasteiger partial charge in [-0.1, -0.05) is 29.8 Å². The lowest BCUT2D eigenvalue weighted by atomic mass is 10.1. The van der Waals surface area contributed by atoms with Gasteiger partial charge in [-0.3, -0.25) is 0 Å². The maximum absolute atomic E-state index is 8.52. The lowest BCUT2D eigenvalue weighted by Crippen LogP contribution is -1.80. The zero-order valence-corrected chi connectivity index (χ0v) is 11.1. The quantitative estimate of drug-likeness (QED) is 0.868. The van der Waals surface area contributed by atoms with Crippen LogP contribution in [0.3, 0.4) is 0 Å². The van der Waals surface area contributed by atoms with E-state index in [1.165, 1.54) is 10.9 Å². The van der Waals surface area contributed by atoms with Crippen LogP contribution in [0.15, 0.2) is 28.9 Å². The summed E-state index contributed by atoms with van der Waals surface area (Å²) < 4.78 is 1.07. The summed E-state index contributed by atoms with van der Waals surface area (Å²) in [6.07, 6.45) is 3.36. The number of aryl methyl sites for hydroxylation is 1. The van der Waals surface area contributed by atoms with E-state index in [2.05, 4.69) is 33.0 Å². The Labute approximate surface area is 104 Å². The third-order valence-corrected chi connectivity index (χ3v) is 2.73. The fourth-order valence-electron chi connectivity index (χ4n) is 1.55. The normalized spacial score (nSPS) is 9.38. The molecule has 3 heteroatoms. The van der Waals surface area contributed by atoms with E-state index in [1.807, 2.05) is 32.2 Å². The molecule has 0 atom stereocenters. The number of hydrogen-bond donors (Lipinski definition) is 1. The molecular weight excluding hydrogens is 264 g/mol. The molecule has 2 nitrogen and oxygen atoms in total. The Morgan fingerprint density at radius 2 is 2.12 bits per heavy atom. The lowest BCUT2D eigenvalue weighted by molar-refractivity contribution is 1.02. The van der Waals surface area contributed by atoms with Crippen molar-refractivity contribution in [3.8, 4) is 6.07 Å². The molecule has 2 rings (SSSR count). The lowest BCUT2D eigenvalue weighted by Gasteiger charge is -1.95. The number of hydrogen-bond acceptors (Lipinski definition) is 1. The summed E-state index contributed by atoms with van der Waals surface area (Å²) in [6, 6.07) is 8.29. The molecule has 0 saturated heterocycles. The van der Waals surface area contributed by atoms with Crippen molar-refractivity contribution in [2.45, 2.75) is 26.7 Å². The highest BCUT2D eigenvalue weighted by molar-refractivity contribution is 9.10. The predicted molar refractivity (Wildman–Crippen MR) is 71.3 cm³/mol. The molecule has 0 amide bonds. The summed E-state index contributed by atoms with van der Waals surface area (Å²) in [7, 11) is 0. The molecule has 16 heavy (non-hydrogen) atoms. The average molecular weight is 279 g/mol. The van der Waals surface area contributed by atoms with Crippen LogP contribution in [0.5, 0.6) is 0 Å². The van der Waals surface area contributed by atoms with Crippen molar-refractivity contribution in [2.24, 2.45) is 0 Å². The van der Waals surface area contributed by atoms with E-state index in [1.54, 1.807) is 0 Å². The molecule has 1 heterocycles. The van der Waals surface area contributed by atoms with Crippen LogP contribution in [-0.2, 0) is 6.42 Å². The maximum Gasteiger partial charge on any atom is 0.0625 e. The van der Waals surface area contributed by atoms with E-state index in [9.17, 15) is 0 Å². The van der Waals surface area contributed by atoms with E-state index >= 15 is 0 Å². The molecule has 2 aromatic rings. The first-order chi connectivity index (χ1) is 7.81. The highest BCUT2D eigenvalue weighted by Crippen LogP contribution is 2.23. The largest absolute Gasteiger partial charge is 0.361 e. The predicted octanol–water partition coefficient (Wildman–Crippen LogP) is 4.41. The molecule has 0 radical (unpaired) electrons. The van der Waals surface area contributed by atoms with E-state index < -0.39 is 0 Å². The van der Waals surface area contributed by atoms with Crippen molar-refractivity contribution in [3.05, 3.63) is 34.4 Å². The Balaban J connectivity index is 0.000000606. The Bertz CT molecular complexity index is 494. The first-order valence-electron chi connectivity index (χ1n) is 5.44. The molecule has 0 fully saturated rings. The number of halogens is 1. The molecule has 0 unspecified atom stereocenters. The Hall–Kier alpha value is -1.27. The van der Waals surface area contributed by atoms with E-state index in [0.29, 0.717) is 6.42 Å². The number of nitriles is 1. The average Bonchev–Trinajstić information content (AvgIpc) is 2.71. The first kappa shape index (κ1) is 12.8. The zero-order valence-electron chi connectivity index (χ0n) is 9.55. The molecule has 1 aromatic carbocycles. The summed E-state index contributed by atoms with van der Waals surface area (Å²) in [6.45, 7) is 4.00. The summed E-state index contributed by atoms with van der Waals surface area (Å²) in [5.41, 5.74) is 2.34. The molecule has 0 aliphatic heterocycles. The SMILES string of the molecule is CC.N#CCCc1c[nH]c2ccc(Br)cc12. The molecule has 0 aliphatic carbocycles. The van der Waals surface area contributed by atoms with Gasteiger partial charge in [0.2, 0.25) is 0 Å². The third kappa shape index (κ3) is 2.86. The van der Waals surface area contributed by atoms with E-state index in [4.69, 9.17) is 5.26 Å². The molecule has 0 spiro atoms. The van der Waals surface area contributed by atoms with Crippen LogP contribution in [0.1, 0.15) is 25.8 Å². The summed E-state index contributed by atoms with van der Waals surface area (Å²) in [4.78, 5) is 3.19. The molecule has 1 N–H and O–H groups in total. The standard InChI is InChI=1S/C11H9BrN2.C2H6/c12-9-3-4-11-10(6-9)8(7-14-11)2-1-5-13;1-2/h3-4,6-7,14H,1-2H2;1-2H3. The zero-order chi connectivity index (χ0) is 12.0. The number of aromatic amines is 1. The van der Waals surface area contributed by atoms with Gasteiger partial charge in [0, 0.05) is 28.0 Å². The maximum atomic E-state index is 8.52. The number of nitrogens with one attached hydrogen (secondary N) is 1. The van der Waals surface area contributed by atoms with Crippen molar-refractivity contribution in [1.82, 2.24) is 4.98 Å². The van der Waals surface area contributed by atoms with Gasteiger partial charge in [-0.25, -0.2) is 0 Å². The Morgan fingerprint density at radius 1 is 1.38 bits per heavy atom. The van der Waals surface area contributed by atoms with Crippen LogP contribution < -0.4 is 0 Å². The van der Waals surface area contributed by atoms with Gasteiger partial charge in [-0.05, 0) is 30.2 Å². The Morgan fingerprint density at radius 3 is 2.81 bits per heavy atom. The minimum absolute atomic E-state index is 0.569. The second-order valence-electron chi connectivity index (χ2n) is 3.16. The second kappa shape index (κ2) is 6.34. The molecule has 84 valence electrons. The minimum Gasteiger partial charge on any atom is -0.361 e. The highest BCUT2D eigenvalue weighted by atomic mass is 79.9. The van der Waals surface area contributed by atoms with Crippen LogP contribution in [0, 0.1) is 11.3 Å².